The third-order valence-electron chi connectivity index (χ3n) is 6.33. The molecule has 2 saturated heterocycles. The molecule has 3 amide bonds. The van der Waals surface area contributed by atoms with Gasteiger partial charge in [-0.05, 0) is 36.0 Å². The Morgan fingerprint density at radius 3 is 2.29 bits per heavy atom. The molecule has 31 heavy (non-hydrogen) atoms. The molecule has 0 unspecified atom stereocenters. The molecule has 3 rings (SSSR count). The molecular weight excluding hydrogens is 408 g/mol. The maximum Gasteiger partial charge on any atom is 0.325 e. The Morgan fingerprint density at radius 2 is 1.71 bits per heavy atom. The molecule has 1 aromatic carbocycles. The summed E-state index contributed by atoms with van der Waals surface area (Å²) in [5, 5.41) is 3.35. The highest BCUT2D eigenvalue weighted by atomic mass is 32.2. The second-order valence-corrected chi connectivity index (χ2v) is 12.1. The number of carbonyl (C=O) groups is 3. The molecule has 2 aliphatic rings. The average molecular weight is 445 g/mol. The first-order valence-electron chi connectivity index (χ1n) is 11.3. The molecule has 0 bridgehead atoms. The molecule has 0 spiro atoms. The number of rotatable bonds is 6. The van der Waals surface area contributed by atoms with E-state index in [-0.39, 0.29) is 34.9 Å². The third kappa shape index (κ3) is 5.33. The van der Waals surface area contributed by atoms with Gasteiger partial charge >= 0.3 is 6.03 Å². The monoisotopic (exact) mass is 444 g/mol. The van der Waals surface area contributed by atoms with Gasteiger partial charge in [-0.1, -0.05) is 60.1 Å². The van der Waals surface area contributed by atoms with Crippen molar-refractivity contribution in [2.45, 2.75) is 90.0 Å². The molecule has 2 fully saturated rings. The normalized spacial score (nSPS) is 23.6. The van der Waals surface area contributed by atoms with Gasteiger partial charge in [-0.2, -0.15) is 11.8 Å². The molecule has 1 N–H and O–H groups in total. The van der Waals surface area contributed by atoms with Crippen molar-refractivity contribution in [2.24, 2.45) is 5.41 Å². The number of imide groups is 1. The fourth-order valence-corrected chi connectivity index (χ4v) is 5.82. The van der Waals surface area contributed by atoms with Crippen LogP contribution in [0.25, 0.3) is 0 Å². The van der Waals surface area contributed by atoms with Gasteiger partial charge in [0.25, 0.3) is 5.91 Å². The number of carbonyl (C=O) groups excluding carboxylic acids is 3. The van der Waals surface area contributed by atoms with Crippen molar-refractivity contribution in [1.29, 1.82) is 0 Å². The highest BCUT2D eigenvalue weighted by Crippen LogP contribution is 2.38. The van der Waals surface area contributed by atoms with E-state index in [0.717, 1.165) is 30.6 Å². The number of fused-ring (bicyclic) bond motifs is 1. The van der Waals surface area contributed by atoms with Gasteiger partial charge in [-0.15, -0.1) is 0 Å². The zero-order valence-electron chi connectivity index (χ0n) is 19.7. The summed E-state index contributed by atoms with van der Waals surface area (Å²) in [6.07, 6.45) is 3.39. The van der Waals surface area contributed by atoms with Crippen molar-refractivity contribution in [3.8, 4) is 0 Å². The molecule has 6 heteroatoms. The van der Waals surface area contributed by atoms with Crippen molar-refractivity contribution >= 4 is 29.5 Å². The van der Waals surface area contributed by atoms with Crippen LogP contribution in [-0.4, -0.2) is 45.7 Å². The number of nitrogens with zero attached hydrogens (tertiary/aromatic N) is 1. The largest absolute Gasteiger partial charge is 0.332 e. The van der Waals surface area contributed by atoms with Crippen LogP contribution < -0.4 is 5.32 Å². The van der Waals surface area contributed by atoms with Gasteiger partial charge in [0.15, 0.2) is 0 Å². The molecule has 0 radical (unpaired) electrons. The molecule has 0 aliphatic carbocycles. The minimum Gasteiger partial charge on any atom is -0.332 e. The van der Waals surface area contributed by atoms with Crippen LogP contribution in [0.1, 0.15) is 83.1 Å². The van der Waals surface area contributed by atoms with Gasteiger partial charge in [0.2, 0.25) is 0 Å². The molecular formula is C25H36N2O3S. The molecule has 3 atom stereocenters. The van der Waals surface area contributed by atoms with Crippen LogP contribution in [-0.2, 0) is 10.2 Å². The lowest BCUT2D eigenvalue weighted by atomic mass is 9.86. The van der Waals surface area contributed by atoms with Crippen LogP contribution in [0.4, 0.5) is 4.79 Å². The van der Waals surface area contributed by atoms with Crippen LogP contribution >= 0.6 is 11.8 Å². The number of amides is 3. The predicted molar refractivity (Wildman–Crippen MR) is 127 cm³/mol. The molecule has 2 aliphatic heterocycles. The Hall–Kier alpha value is -1.82. The maximum absolute atomic E-state index is 13.1. The predicted octanol–water partition coefficient (Wildman–Crippen LogP) is 5.18. The van der Waals surface area contributed by atoms with Crippen LogP contribution in [0.15, 0.2) is 24.3 Å². The summed E-state index contributed by atoms with van der Waals surface area (Å²) < 4.78 is 0. The van der Waals surface area contributed by atoms with Gasteiger partial charge in [-0.3, -0.25) is 14.5 Å². The summed E-state index contributed by atoms with van der Waals surface area (Å²) in [4.78, 5) is 39.3. The van der Waals surface area contributed by atoms with Gasteiger partial charge in [-0.25, -0.2) is 4.79 Å². The topological polar surface area (TPSA) is 66.5 Å². The summed E-state index contributed by atoms with van der Waals surface area (Å²) >= 11 is 1.83. The first kappa shape index (κ1) is 23.8. The van der Waals surface area contributed by atoms with Crippen molar-refractivity contribution in [2.75, 3.05) is 5.75 Å². The lowest BCUT2D eigenvalue weighted by molar-refractivity contribution is -0.126. The van der Waals surface area contributed by atoms with E-state index >= 15 is 0 Å². The Balaban J connectivity index is 1.58. The average Bonchev–Trinajstić information content (AvgIpc) is 3.21. The number of thioether (sulfide) groups is 1. The fourth-order valence-electron chi connectivity index (χ4n) is 4.23. The first-order valence-corrected chi connectivity index (χ1v) is 12.3. The molecule has 0 saturated carbocycles. The van der Waals surface area contributed by atoms with Crippen LogP contribution in [0.3, 0.4) is 0 Å². The van der Waals surface area contributed by atoms with Crippen LogP contribution in [0.2, 0.25) is 0 Å². The van der Waals surface area contributed by atoms with E-state index in [2.05, 4.69) is 26.1 Å². The number of hydrogen-bond acceptors (Lipinski definition) is 4. The zero-order chi connectivity index (χ0) is 23.0. The summed E-state index contributed by atoms with van der Waals surface area (Å²) in [7, 11) is 0. The zero-order valence-corrected chi connectivity index (χ0v) is 20.5. The molecule has 5 nitrogen and oxygen atoms in total. The first-order chi connectivity index (χ1) is 14.4. The number of benzene rings is 1. The maximum atomic E-state index is 13.1. The highest BCUT2D eigenvalue weighted by Gasteiger charge is 2.50. The summed E-state index contributed by atoms with van der Waals surface area (Å²) in [6.45, 7) is 12.3. The lowest BCUT2D eigenvalue weighted by Gasteiger charge is -2.22. The number of ketones is 1. The number of Topliss-reactive ketones (excluding diaryl/α,β-unsaturated/α-hetero) is 1. The quantitative estimate of drug-likeness (QED) is 0.485. The number of unbranched alkanes of at least 4 members (excludes halogenated alkanes) is 1. The molecule has 1 aromatic rings. The van der Waals surface area contributed by atoms with Crippen LogP contribution in [0.5, 0.6) is 0 Å². The van der Waals surface area contributed by atoms with Crippen molar-refractivity contribution in [3.05, 3.63) is 35.4 Å². The van der Waals surface area contributed by atoms with Crippen molar-refractivity contribution < 1.29 is 14.4 Å². The van der Waals surface area contributed by atoms with E-state index < -0.39 is 0 Å². The Bertz CT molecular complexity index is 836. The minimum atomic E-state index is -0.284. The highest BCUT2D eigenvalue weighted by molar-refractivity contribution is 8.00. The number of nitrogens with one attached hydrogen (secondary N) is 1. The summed E-state index contributed by atoms with van der Waals surface area (Å²) in [5.41, 5.74) is 1.45. The molecule has 2 heterocycles. The van der Waals surface area contributed by atoms with Gasteiger partial charge in [0.05, 0.1) is 12.1 Å². The Labute approximate surface area is 190 Å². The van der Waals surface area contributed by atoms with Crippen molar-refractivity contribution in [3.63, 3.8) is 0 Å². The van der Waals surface area contributed by atoms with E-state index in [4.69, 9.17) is 0 Å². The van der Waals surface area contributed by atoms with E-state index in [1.165, 1.54) is 4.90 Å². The van der Waals surface area contributed by atoms with Crippen molar-refractivity contribution in [1.82, 2.24) is 10.2 Å². The third-order valence-corrected chi connectivity index (χ3v) is 7.82. The van der Waals surface area contributed by atoms with Crippen LogP contribution in [0, 0.1) is 5.41 Å². The fraction of sp³-hybridized carbons (Fsp3) is 0.640. The second kappa shape index (κ2) is 8.97. The lowest BCUT2D eigenvalue weighted by Crippen LogP contribution is -2.41. The van der Waals surface area contributed by atoms with E-state index in [0.29, 0.717) is 23.0 Å². The standard InChI is InChI=1S/C25H36N2O3S/c1-24(2,3)17-13-11-16(12-14-17)22(29)27-18-15-31-19(21(18)26-23(27)30)9-7-8-10-20(28)25(4,5)6/h11-14,18-19,21H,7-10,15H2,1-6H3,(H,26,30)/t18-,19-,21-/m0/s1. The molecule has 170 valence electrons. The van der Waals surface area contributed by atoms with E-state index in [1.54, 1.807) is 0 Å². The van der Waals surface area contributed by atoms with Gasteiger partial charge in [0.1, 0.15) is 5.78 Å². The van der Waals surface area contributed by atoms with Gasteiger partial charge < -0.3 is 5.32 Å². The minimum absolute atomic E-state index is 0.00591. The summed E-state index contributed by atoms with van der Waals surface area (Å²) in [6, 6.07) is 7.22. The summed E-state index contributed by atoms with van der Waals surface area (Å²) in [5.74, 6) is 0.844. The Kier molecular flexibility index (Phi) is 6.90. The second-order valence-electron chi connectivity index (χ2n) is 10.8. The SMILES string of the molecule is CC(C)(C)C(=O)CCCC[C@@H]1SC[C@H]2[C@@H]1NC(=O)N2C(=O)c1ccc(C(C)(C)C)cc1. The number of hydrogen-bond donors (Lipinski definition) is 1. The van der Waals surface area contributed by atoms with Gasteiger partial charge in [0, 0.05) is 28.4 Å². The Morgan fingerprint density at radius 1 is 1.06 bits per heavy atom. The smallest absolute Gasteiger partial charge is 0.325 e. The van der Waals surface area contributed by atoms with E-state index in [9.17, 15) is 14.4 Å². The molecule has 0 aromatic heterocycles. The van der Waals surface area contributed by atoms with E-state index in [1.807, 2.05) is 56.8 Å². The number of urea groups is 1.